The van der Waals surface area contributed by atoms with Crippen molar-refractivity contribution >= 4 is 23.0 Å². The Balaban J connectivity index is 2.14. The molecule has 0 unspecified atom stereocenters. The van der Waals surface area contributed by atoms with Gasteiger partial charge in [0.25, 0.3) is 0 Å². The van der Waals surface area contributed by atoms with Crippen LogP contribution in [-0.4, -0.2) is 25.0 Å². The van der Waals surface area contributed by atoms with Crippen molar-refractivity contribution in [1.82, 2.24) is 20.0 Å². The zero-order chi connectivity index (χ0) is 12.3. The second-order valence-electron chi connectivity index (χ2n) is 3.46. The summed E-state index contributed by atoms with van der Waals surface area (Å²) in [5.74, 6) is 0.584. The van der Waals surface area contributed by atoms with Crippen molar-refractivity contribution in [2.45, 2.75) is 6.54 Å². The lowest BCUT2D eigenvalue weighted by Crippen LogP contribution is -2.15. The van der Waals surface area contributed by atoms with Crippen LogP contribution in [0.15, 0.2) is 24.5 Å². The summed E-state index contributed by atoms with van der Waals surface area (Å²) in [6.07, 6.45) is 3.30. The molecule has 6 nitrogen and oxygen atoms in total. The molecule has 0 amide bonds. The number of rotatable bonds is 4. The molecule has 17 heavy (non-hydrogen) atoms. The Morgan fingerprint density at radius 1 is 1.47 bits per heavy atom. The van der Waals surface area contributed by atoms with E-state index in [9.17, 15) is 0 Å². The van der Waals surface area contributed by atoms with Crippen LogP contribution in [0.5, 0.6) is 0 Å². The first-order chi connectivity index (χ1) is 8.18. The molecule has 0 fully saturated rings. The van der Waals surface area contributed by atoms with Gasteiger partial charge in [-0.25, -0.2) is 0 Å². The number of nitrogens with two attached hydrogens (primary N) is 1. The van der Waals surface area contributed by atoms with E-state index < -0.39 is 0 Å². The molecule has 0 atom stereocenters. The molecule has 0 spiro atoms. The lowest BCUT2D eigenvalue weighted by atomic mass is 10.3. The minimum atomic E-state index is 0.299. The smallest absolute Gasteiger partial charge is 0.159 e. The van der Waals surface area contributed by atoms with E-state index in [1.165, 1.54) is 0 Å². The number of hydrogen-bond donors (Lipinski definition) is 2. The van der Waals surface area contributed by atoms with Crippen molar-refractivity contribution in [2.24, 2.45) is 12.8 Å². The van der Waals surface area contributed by atoms with Gasteiger partial charge in [-0.1, -0.05) is 12.2 Å². The van der Waals surface area contributed by atoms with Crippen LogP contribution in [0.3, 0.4) is 0 Å². The third kappa shape index (κ3) is 2.56. The van der Waals surface area contributed by atoms with Crippen LogP contribution in [-0.2, 0) is 13.6 Å². The van der Waals surface area contributed by atoms with E-state index in [1.807, 2.05) is 13.1 Å². The highest BCUT2D eigenvalue weighted by Gasteiger charge is 2.07. The van der Waals surface area contributed by atoms with E-state index >= 15 is 0 Å². The summed E-state index contributed by atoms with van der Waals surface area (Å²) in [7, 11) is 1.88. The van der Waals surface area contributed by atoms with Gasteiger partial charge in [-0.2, -0.15) is 10.2 Å². The maximum Gasteiger partial charge on any atom is 0.159 e. The monoisotopic (exact) mass is 248 g/mol. The normalized spacial score (nSPS) is 10.2. The maximum atomic E-state index is 5.60. The summed E-state index contributed by atoms with van der Waals surface area (Å²) in [5.41, 5.74) is 7.32. The molecule has 0 aliphatic heterocycles. The van der Waals surface area contributed by atoms with Crippen molar-refractivity contribution in [3.05, 3.63) is 35.8 Å². The lowest BCUT2D eigenvalue weighted by molar-refractivity contribution is 0.719. The van der Waals surface area contributed by atoms with Crippen molar-refractivity contribution < 1.29 is 0 Å². The zero-order valence-electron chi connectivity index (χ0n) is 9.29. The molecule has 0 radical (unpaired) electrons. The van der Waals surface area contributed by atoms with Gasteiger partial charge in [0.05, 0.1) is 24.0 Å². The van der Waals surface area contributed by atoms with E-state index in [-0.39, 0.29) is 0 Å². The molecule has 2 aromatic rings. The van der Waals surface area contributed by atoms with Crippen molar-refractivity contribution in [3.8, 4) is 0 Å². The van der Waals surface area contributed by atoms with E-state index in [2.05, 4.69) is 20.6 Å². The number of hydrogen-bond acceptors (Lipinski definition) is 5. The first kappa shape index (κ1) is 11.5. The Hall–Kier alpha value is -2.02. The van der Waals surface area contributed by atoms with Gasteiger partial charge in [0, 0.05) is 13.2 Å². The summed E-state index contributed by atoms with van der Waals surface area (Å²) < 4.78 is 1.78. The molecule has 3 N–H and O–H groups in total. The minimum Gasteiger partial charge on any atom is -0.389 e. The standard InChI is InChI=1S/C10H12N6S/c1-16-7(2-5-14-16)6-12-10-8(9(11)17)3-4-13-15-10/h2-5H,6H2,1H3,(H2,11,17)(H,12,15). The number of aryl methyl sites for hydroxylation is 1. The summed E-state index contributed by atoms with van der Waals surface area (Å²) in [6, 6.07) is 3.66. The van der Waals surface area contributed by atoms with E-state index in [4.69, 9.17) is 18.0 Å². The lowest BCUT2D eigenvalue weighted by Gasteiger charge is -2.08. The fourth-order valence-electron chi connectivity index (χ4n) is 1.41. The quantitative estimate of drug-likeness (QED) is 0.765. The molecule has 0 aliphatic rings. The molecule has 0 aliphatic carbocycles. The molecule has 2 rings (SSSR count). The predicted molar refractivity (Wildman–Crippen MR) is 68.5 cm³/mol. The number of nitrogens with zero attached hydrogens (tertiary/aromatic N) is 4. The number of anilines is 1. The Labute approximate surface area is 104 Å². The van der Waals surface area contributed by atoms with Gasteiger partial charge in [0.15, 0.2) is 5.82 Å². The van der Waals surface area contributed by atoms with Crippen LogP contribution in [0.25, 0.3) is 0 Å². The third-order valence-electron chi connectivity index (χ3n) is 2.35. The average molecular weight is 248 g/mol. The van der Waals surface area contributed by atoms with Gasteiger partial charge < -0.3 is 11.1 Å². The zero-order valence-corrected chi connectivity index (χ0v) is 10.1. The largest absolute Gasteiger partial charge is 0.389 e. The van der Waals surface area contributed by atoms with Crippen molar-refractivity contribution in [1.29, 1.82) is 0 Å². The third-order valence-corrected chi connectivity index (χ3v) is 2.57. The van der Waals surface area contributed by atoms with Crippen LogP contribution in [0.2, 0.25) is 0 Å². The predicted octanol–water partition coefficient (Wildman–Crippen LogP) is 0.456. The van der Waals surface area contributed by atoms with E-state index in [0.29, 0.717) is 22.9 Å². The topological polar surface area (TPSA) is 81.7 Å². The van der Waals surface area contributed by atoms with Gasteiger partial charge in [-0.15, -0.1) is 5.10 Å². The highest BCUT2D eigenvalue weighted by atomic mass is 32.1. The van der Waals surface area contributed by atoms with Gasteiger partial charge in [-0.05, 0) is 12.1 Å². The van der Waals surface area contributed by atoms with E-state index in [1.54, 1.807) is 23.1 Å². The average Bonchev–Trinajstić information content (AvgIpc) is 2.72. The second kappa shape index (κ2) is 4.88. The Kier molecular flexibility index (Phi) is 3.29. The molecule has 0 aromatic carbocycles. The number of nitrogens with one attached hydrogen (secondary N) is 1. The first-order valence-electron chi connectivity index (χ1n) is 5.00. The summed E-state index contributed by atoms with van der Waals surface area (Å²) >= 11 is 4.94. The Bertz CT molecular complexity index is 535. The molecule has 0 bridgehead atoms. The number of thiocarbonyl (C=S) groups is 1. The highest BCUT2D eigenvalue weighted by Crippen LogP contribution is 2.11. The molecule has 2 heterocycles. The van der Waals surface area contributed by atoms with Crippen LogP contribution in [0.4, 0.5) is 5.82 Å². The maximum absolute atomic E-state index is 5.60. The van der Waals surface area contributed by atoms with Crippen LogP contribution >= 0.6 is 12.2 Å². The molecule has 0 saturated carbocycles. The minimum absolute atomic E-state index is 0.299. The molecule has 7 heteroatoms. The van der Waals surface area contributed by atoms with E-state index in [0.717, 1.165) is 5.69 Å². The highest BCUT2D eigenvalue weighted by molar-refractivity contribution is 7.80. The Morgan fingerprint density at radius 3 is 2.94 bits per heavy atom. The molecular formula is C10H12N6S. The molecule has 88 valence electrons. The fourth-order valence-corrected chi connectivity index (χ4v) is 1.57. The Morgan fingerprint density at radius 2 is 2.29 bits per heavy atom. The summed E-state index contributed by atoms with van der Waals surface area (Å²) in [4.78, 5) is 0.299. The molecule has 0 saturated heterocycles. The van der Waals surface area contributed by atoms with Gasteiger partial charge in [0.2, 0.25) is 0 Å². The first-order valence-corrected chi connectivity index (χ1v) is 5.41. The van der Waals surface area contributed by atoms with Crippen molar-refractivity contribution in [3.63, 3.8) is 0 Å². The second-order valence-corrected chi connectivity index (χ2v) is 3.90. The van der Waals surface area contributed by atoms with Crippen molar-refractivity contribution in [2.75, 3.05) is 5.32 Å². The summed E-state index contributed by atoms with van der Waals surface area (Å²) in [5, 5.41) is 15.0. The molecular weight excluding hydrogens is 236 g/mol. The van der Waals surface area contributed by atoms with Crippen LogP contribution < -0.4 is 11.1 Å². The molecule has 2 aromatic heterocycles. The number of aromatic nitrogens is 4. The van der Waals surface area contributed by atoms with Gasteiger partial charge in [0.1, 0.15) is 4.99 Å². The SMILES string of the molecule is Cn1nccc1CNc1nnccc1C(N)=S. The fraction of sp³-hybridized carbons (Fsp3) is 0.200. The van der Waals surface area contributed by atoms with Gasteiger partial charge in [-0.3, -0.25) is 4.68 Å². The summed E-state index contributed by atoms with van der Waals surface area (Å²) in [6.45, 7) is 0.588. The van der Waals surface area contributed by atoms with Crippen LogP contribution in [0.1, 0.15) is 11.3 Å². The van der Waals surface area contributed by atoms with Crippen LogP contribution in [0, 0.1) is 0 Å². The van der Waals surface area contributed by atoms with Gasteiger partial charge >= 0.3 is 0 Å².